The van der Waals surface area contributed by atoms with Gasteiger partial charge in [-0.05, 0) is 274 Å². The molecule has 120 heavy (non-hydrogen) atoms. The maximum absolute atomic E-state index is 12.1. The molecule has 645 valence electrons. The van der Waals surface area contributed by atoms with Crippen LogP contribution in [-0.4, -0.2) is 29.8 Å². The molecule has 0 atom stereocenters. The van der Waals surface area contributed by atoms with Crippen molar-refractivity contribution in [2.24, 2.45) is 0 Å². The molecule has 0 spiro atoms. The Labute approximate surface area is 737 Å². The highest BCUT2D eigenvalue weighted by molar-refractivity contribution is 7.81. The fraction of sp³-hybridized carbons (Fsp3) is 0.350. The average molecular weight is 1740 g/mol. The van der Waals surface area contributed by atoms with Crippen molar-refractivity contribution < 1.29 is 71.2 Å². The number of hydrogen-bond donors (Lipinski definition) is 0. The van der Waals surface area contributed by atoms with E-state index in [0.717, 1.165) is 56.6 Å². The number of unbranched alkanes of at least 4 members (excludes halogenated alkanes) is 20. The maximum atomic E-state index is 12.1. The summed E-state index contributed by atoms with van der Waals surface area (Å²) in [5.74, 6) is 0.904. The minimum Gasteiger partial charge on any atom is -0.423 e. The first kappa shape index (κ1) is 108. The molecule has 10 rings (SSSR count). The van der Waals surface area contributed by atoms with Crippen molar-refractivity contribution in [3.63, 3.8) is 0 Å². The summed E-state index contributed by atoms with van der Waals surface area (Å²) in [6.07, 6.45) is 37.2. The summed E-state index contributed by atoms with van der Waals surface area (Å²) in [5.41, 5.74) is 9.22. The molecular weight excluding hydrogens is 1620 g/mol. The second-order valence-corrected chi connectivity index (χ2v) is 31.0. The fourth-order valence-corrected chi connectivity index (χ4v) is 12.7. The molecule has 0 heterocycles. The van der Waals surface area contributed by atoms with Crippen molar-refractivity contribution in [3.05, 3.63) is 298 Å². The molecule has 0 aliphatic heterocycles. The SMILES string of the molecule is CCCCCCCc1ccc(C(=O)Oc2ccc([S])cc2)cc1.CCCCCCCc1ccc(C(=O)Oc2ccc([S])cc2)cc1.CCCCCCCc1ccc(C(=O)Oc2ccc([S])cc2)cc1.CCCCCCCc1ccc(C(=O)Oc2ccc([S])cc2)cc1.CCCCCCCc1ccc(C(=O)Oc2ccc([S])cc2)cc1.F.F.F.F.F. The zero-order valence-electron chi connectivity index (χ0n) is 70.0. The van der Waals surface area contributed by atoms with Gasteiger partial charge in [0, 0.05) is 24.5 Å². The standard InChI is InChI=1S/5C20H23O2S.5FH/c5*1-2-3-4-5-6-7-16-8-10-17(11-9-16)20(21)22-18-12-14-19(23)15-13-18;;;;;/h5*8-15H,2-7H2,1H3;5*1H. The third-order valence-corrected chi connectivity index (χ3v) is 20.3. The molecule has 0 saturated heterocycles. The Hall–Kier alpha value is -9.70. The quantitative estimate of drug-likeness (QED) is 0.0158. The highest BCUT2D eigenvalue weighted by Gasteiger charge is 2.15. The summed E-state index contributed by atoms with van der Waals surface area (Å²) in [5, 5.41) is 0. The Morgan fingerprint density at radius 3 is 0.433 bits per heavy atom. The number of halogens is 5. The molecule has 10 aromatic rings. The lowest BCUT2D eigenvalue weighted by atomic mass is 10.0. The Balaban J connectivity index is 0.000000742. The van der Waals surface area contributed by atoms with Gasteiger partial charge in [-0.1, -0.05) is 287 Å². The Morgan fingerprint density at radius 2 is 0.308 bits per heavy atom. The van der Waals surface area contributed by atoms with Gasteiger partial charge in [-0.25, -0.2) is 24.0 Å². The zero-order chi connectivity index (χ0) is 82.5. The summed E-state index contributed by atoms with van der Waals surface area (Å²) in [6.45, 7) is 11.1. The monoisotopic (exact) mass is 1740 g/mol. The highest BCUT2D eigenvalue weighted by atomic mass is 32.1. The molecular formula is C100H120F5O10S5. The first-order chi connectivity index (χ1) is 55.9. The van der Waals surface area contributed by atoms with Gasteiger partial charge in [0.25, 0.3) is 0 Å². The molecule has 10 aromatic carbocycles. The normalized spacial score (nSPS) is 10.0. The van der Waals surface area contributed by atoms with Gasteiger partial charge >= 0.3 is 29.8 Å². The summed E-state index contributed by atoms with van der Waals surface area (Å²) in [7, 11) is 0. The van der Waals surface area contributed by atoms with Crippen LogP contribution in [0.4, 0.5) is 23.5 Å². The number of carbonyl (C=O) groups excluding carboxylic acids is 5. The number of ether oxygens (including phenoxy) is 5. The minimum absolute atomic E-state index is 0. The fourth-order valence-electron chi connectivity index (χ4n) is 12.1. The first-order valence-electron chi connectivity index (χ1n) is 41.3. The van der Waals surface area contributed by atoms with Crippen molar-refractivity contribution >= 4 is 93.0 Å². The predicted molar refractivity (Wildman–Crippen MR) is 493 cm³/mol. The van der Waals surface area contributed by atoms with E-state index in [1.807, 2.05) is 121 Å². The largest absolute Gasteiger partial charge is 0.423 e. The van der Waals surface area contributed by atoms with Crippen LogP contribution in [0.15, 0.2) is 267 Å². The number of carbonyl (C=O) groups is 5. The van der Waals surface area contributed by atoms with Crippen LogP contribution in [0.2, 0.25) is 0 Å². The van der Waals surface area contributed by atoms with Gasteiger partial charge in [0.1, 0.15) is 28.7 Å². The van der Waals surface area contributed by atoms with Crippen LogP contribution < -0.4 is 23.7 Å². The van der Waals surface area contributed by atoms with Crippen molar-refractivity contribution in [1.82, 2.24) is 0 Å². The van der Waals surface area contributed by atoms with E-state index in [2.05, 4.69) is 34.6 Å². The first-order valence-corrected chi connectivity index (χ1v) is 43.4. The van der Waals surface area contributed by atoms with Crippen molar-refractivity contribution in [2.75, 3.05) is 0 Å². The summed E-state index contributed by atoms with van der Waals surface area (Å²) >= 11 is 25.1. The lowest BCUT2D eigenvalue weighted by molar-refractivity contribution is 0.0725. The smallest absolute Gasteiger partial charge is 0.343 e. The number of hydrogen-bond acceptors (Lipinski definition) is 10. The zero-order valence-corrected chi connectivity index (χ0v) is 74.1. The lowest BCUT2D eigenvalue weighted by Crippen LogP contribution is -2.08. The molecule has 0 aromatic heterocycles. The van der Waals surface area contributed by atoms with Gasteiger partial charge in [-0.2, -0.15) is 0 Å². The van der Waals surface area contributed by atoms with E-state index in [-0.39, 0.29) is 53.4 Å². The van der Waals surface area contributed by atoms with Crippen LogP contribution in [0.5, 0.6) is 28.7 Å². The number of aryl methyl sites for hydroxylation is 5. The second kappa shape index (κ2) is 65.1. The predicted octanol–water partition coefficient (Wildman–Crippen LogP) is 30.6. The Morgan fingerprint density at radius 1 is 0.183 bits per heavy atom. The van der Waals surface area contributed by atoms with Crippen molar-refractivity contribution in [1.29, 1.82) is 0 Å². The summed E-state index contributed by atoms with van der Waals surface area (Å²) in [6, 6.07) is 73.2. The van der Waals surface area contributed by atoms with Crippen LogP contribution in [-0.2, 0) is 32.1 Å². The topological polar surface area (TPSA) is 132 Å². The number of esters is 5. The van der Waals surface area contributed by atoms with E-state index < -0.39 is 0 Å². The van der Waals surface area contributed by atoms with Gasteiger partial charge in [-0.3, -0.25) is 23.5 Å². The molecule has 20 heteroatoms. The van der Waals surface area contributed by atoms with Crippen LogP contribution in [0.25, 0.3) is 0 Å². The Bertz CT molecular complexity index is 3700. The molecule has 0 amide bonds. The third kappa shape index (κ3) is 45.6. The van der Waals surface area contributed by atoms with Crippen molar-refractivity contribution in [2.45, 2.75) is 252 Å². The average Bonchev–Trinajstić information content (AvgIpc) is 0.887. The molecule has 10 nitrogen and oxygen atoms in total. The molecule has 0 saturated carbocycles. The van der Waals surface area contributed by atoms with Gasteiger partial charge < -0.3 is 23.7 Å². The van der Waals surface area contributed by atoms with Gasteiger partial charge in [0.15, 0.2) is 0 Å². The van der Waals surface area contributed by atoms with Crippen LogP contribution in [0.1, 0.15) is 275 Å². The van der Waals surface area contributed by atoms with E-state index in [1.54, 1.807) is 121 Å². The molecule has 0 aliphatic rings. The van der Waals surface area contributed by atoms with Crippen molar-refractivity contribution in [3.8, 4) is 28.7 Å². The van der Waals surface area contributed by atoms with Crippen LogP contribution in [0, 0.1) is 0 Å². The van der Waals surface area contributed by atoms with E-state index in [9.17, 15) is 24.0 Å². The van der Waals surface area contributed by atoms with E-state index in [4.69, 9.17) is 86.8 Å². The van der Waals surface area contributed by atoms with E-state index >= 15 is 0 Å². The second-order valence-electron chi connectivity index (χ2n) is 28.6. The van der Waals surface area contributed by atoms with Crippen LogP contribution in [0.3, 0.4) is 0 Å². The van der Waals surface area contributed by atoms with Gasteiger partial charge in [-0.15, -0.1) is 0 Å². The molecule has 0 bridgehead atoms. The lowest BCUT2D eigenvalue weighted by Gasteiger charge is -2.06. The number of benzene rings is 10. The Kier molecular flexibility index (Phi) is 58.8. The van der Waals surface area contributed by atoms with Gasteiger partial charge in [0.2, 0.25) is 0 Å². The van der Waals surface area contributed by atoms with E-state index in [1.165, 1.54) is 188 Å². The maximum Gasteiger partial charge on any atom is 0.343 e. The number of rotatable bonds is 40. The minimum atomic E-state index is -0.336. The molecule has 5 radical (unpaired) electrons. The summed E-state index contributed by atoms with van der Waals surface area (Å²) < 4.78 is 26.7. The van der Waals surface area contributed by atoms with Crippen LogP contribution >= 0.6 is 63.1 Å². The molecule has 0 unspecified atom stereocenters. The summed E-state index contributed by atoms with van der Waals surface area (Å²) in [4.78, 5) is 64.1. The highest BCUT2D eigenvalue weighted by Crippen LogP contribution is 2.24. The van der Waals surface area contributed by atoms with E-state index in [0.29, 0.717) is 56.6 Å². The van der Waals surface area contributed by atoms with Gasteiger partial charge in [0.05, 0.1) is 27.8 Å². The molecule has 0 N–H and O–H groups in total. The molecule has 0 fully saturated rings. The molecule has 0 aliphatic carbocycles. The third-order valence-electron chi connectivity index (χ3n) is 19.0.